The van der Waals surface area contributed by atoms with Crippen molar-refractivity contribution in [3.05, 3.63) is 52.5 Å². The number of nitrogens with zero attached hydrogens (tertiary/aromatic N) is 2. The number of carbonyl (C=O) groups excluding carboxylic acids is 2. The van der Waals surface area contributed by atoms with Gasteiger partial charge in [-0.1, -0.05) is 30.3 Å². The van der Waals surface area contributed by atoms with Gasteiger partial charge in [0.2, 0.25) is 11.8 Å². The Balaban J connectivity index is 1.61. The fourth-order valence-corrected chi connectivity index (χ4v) is 4.33. The number of aryl methyl sites for hydroxylation is 1. The second kappa shape index (κ2) is 8.94. The van der Waals surface area contributed by atoms with Gasteiger partial charge in [0.25, 0.3) is 0 Å². The fraction of sp³-hybridized carbons (Fsp3) is 0.450. The number of likely N-dealkylation sites (tertiary alicyclic amines) is 1. The molecule has 2 amide bonds. The lowest BCUT2D eigenvalue weighted by atomic mass is 9.90. The van der Waals surface area contributed by atoms with E-state index in [1.807, 2.05) is 28.5 Å². The van der Waals surface area contributed by atoms with Crippen LogP contribution in [-0.4, -0.2) is 34.8 Å². The van der Waals surface area contributed by atoms with Crippen LogP contribution in [0.15, 0.2) is 41.9 Å². The predicted octanol–water partition coefficient (Wildman–Crippen LogP) is 3.19. The van der Waals surface area contributed by atoms with E-state index in [9.17, 15) is 9.59 Å². The maximum absolute atomic E-state index is 12.7. The molecule has 3 rings (SSSR count). The third-order valence-corrected chi connectivity index (χ3v) is 5.69. The van der Waals surface area contributed by atoms with Crippen LogP contribution >= 0.6 is 11.3 Å². The van der Waals surface area contributed by atoms with E-state index in [-0.39, 0.29) is 23.8 Å². The van der Waals surface area contributed by atoms with Gasteiger partial charge in [-0.05, 0) is 24.8 Å². The number of thiazole rings is 1. The van der Waals surface area contributed by atoms with Crippen LogP contribution in [0, 0.1) is 5.92 Å². The lowest BCUT2D eigenvalue weighted by Crippen LogP contribution is -2.45. The molecule has 0 aliphatic carbocycles. The zero-order valence-corrected chi connectivity index (χ0v) is 15.9. The number of piperidine rings is 1. The highest BCUT2D eigenvalue weighted by Crippen LogP contribution is 2.31. The zero-order valence-electron chi connectivity index (χ0n) is 15.1. The van der Waals surface area contributed by atoms with Crippen LogP contribution in [0.2, 0.25) is 0 Å². The van der Waals surface area contributed by atoms with Crippen LogP contribution in [0.25, 0.3) is 0 Å². The molecule has 5 nitrogen and oxygen atoms in total. The summed E-state index contributed by atoms with van der Waals surface area (Å²) in [6.07, 6.45) is 5.01. The number of aromatic nitrogens is 1. The van der Waals surface area contributed by atoms with Crippen molar-refractivity contribution in [3.8, 4) is 0 Å². The Morgan fingerprint density at radius 3 is 2.85 bits per heavy atom. The van der Waals surface area contributed by atoms with E-state index < -0.39 is 0 Å². The van der Waals surface area contributed by atoms with E-state index in [0.29, 0.717) is 13.0 Å². The Morgan fingerprint density at radius 2 is 2.15 bits per heavy atom. The van der Waals surface area contributed by atoms with Gasteiger partial charge in [0.1, 0.15) is 5.01 Å². The molecule has 1 aromatic heterocycles. The van der Waals surface area contributed by atoms with Gasteiger partial charge in [0, 0.05) is 43.9 Å². The lowest BCUT2D eigenvalue weighted by molar-refractivity contribution is -0.133. The predicted molar refractivity (Wildman–Crippen MR) is 103 cm³/mol. The van der Waals surface area contributed by atoms with Crippen LogP contribution < -0.4 is 5.32 Å². The summed E-state index contributed by atoms with van der Waals surface area (Å²) in [5.41, 5.74) is 1.19. The highest BCUT2D eigenvalue weighted by Gasteiger charge is 2.32. The molecule has 2 heterocycles. The van der Waals surface area contributed by atoms with E-state index in [1.165, 1.54) is 12.5 Å². The molecule has 6 heteroatoms. The van der Waals surface area contributed by atoms with Crippen LogP contribution in [0.3, 0.4) is 0 Å². The van der Waals surface area contributed by atoms with Gasteiger partial charge in [-0.2, -0.15) is 0 Å². The van der Waals surface area contributed by atoms with Gasteiger partial charge >= 0.3 is 0 Å². The molecule has 0 radical (unpaired) electrons. The molecule has 0 unspecified atom stereocenters. The Bertz CT molecular complexity index is 718. The number of nitrogens with one attached hydrogen (secondary N) is 1. The second-order valence-electron chi connectivity index (χ2n) is 6.78. The molecule has 2 aromatic rings. The fourth-order valence-electron chi connectivity index (χ4n) is 3.55. The first-order valence-corrected chi connectivity index (χ1v) is 9.99. The number of hydrogen-bond donors (Lipinski definition) is 1. The van der Waals surface area contributed by atoms with Crippen LogP contribution in [0.1, 0.15) is 42.8 Å². The topological polar surface area (TPSA) is 62.3 Å². The number of carbonyl (C=O) groups is 2. The van der Waals surface area contributed by atoms with E-state index >= 15 is 0 Å². The Kier molecular flexibility index (Phi) is 6.39. The summed E-state index contributed by atoms with van der Waals surface area (Å²) in [7, 11) is 0. The maximum Gasteiger partial charge on any atom is 0.222 e. The highest BCUT2D eigenvalue weighted by atomic mass is 32.1. The molecule has 1 aliphatic heterocycles. The lowest BCUT2D eigenvalue weighted by Gasteiger charge is -2.36. The summed E-state index contributed by atoms with van der Waals surface area (Å²) in [4.78, 5) is 30.7. The molecule has 0 spiro atoms. The minimum atomic E-state index is -0.114. The molecule has 0 bridgehead atoms. The average Bonchev–Trinajstić information content (AvgIpc) is 3.19. The first-order chi connectivity index (χ1) is 12.6. The van der Waals surface area contributed by atoms with Gasteiger partial charge in [0.05, 0.1) is 6.04 Å². The van der Waals surface area contributed by atoms with Gasteiger partial charge < -0.3 is 10.2 Å². The summed E-state index contributed by atoms with van der Waals surface area (Å²) in [6, 6.07) is 9.99. The minimum absolute atomic E-state index is 0.0577. The monoisotopic (exact) mass is 371 g/mol. The molecule has 2 atom stereocenters. The summed E-state index contributed by atoms with van der Waals surface area (Å²) in [5.74, 6) is 0.344. The van der Waals surface area contributed by atoms with Gasteiger partial charge in [-0.3, -0.25) is 9.59 Å². The number of rotatable bonds is 6. The highest BCUT2D eigenvalue weighted by molar-refractivity contribution is 7.09. The second-order valence-corrected chi connectivity index (χ2v) is 7.70. The van der Waals surface area contributed by atoms with Crippen LogP contribution in [0.5, 0.6) is 0 Å². The summed E-state index contributed by atoms with van der Waals surface area (Å²) >= 11 is 1.55. The first kappa shape index (κ1) is 18.6. The SMILES string of the molecule is CC(=O)N[C@H](c1nccs1)[C@H]1CCCN(C(=O)CCc2ccccc2)C1. The van der Waals surface area contributed by atoms with Crippen molar-refractivity contribution in [1.29, 1.82) is 0 Å². The molecular formula is C20H25N3O2S. The average molecular weight is 372 g/mol. The van der Waals surface area contributed by atoms with E-state index in [4.69, 9.17) is 0 Å². The number of amides is 2. The first-order valence-electron chi connectivity index (χ1n) is 9.11. The molecule has 1 aliphatic rings. The number of benzene rings is 1. The zero-order chi connectivity index (χ0) is 18.4. The summed E-state index contributed by atoms with van der Waals surface area (Å²) in [6.45, 7) is 3.01. The van der Waals surface area contributed by atoms with Crippen LogP contribution in [0.4, 0.5) is 0 Å². The summed E-state index contributed by atoms with van der Waals surface area (Å²) in [5, 5.41) is 5.89. The van der Waals surface area contributed by atoms with Crippen molar-refractivity contribution in [2.24, 2.45) is 5.92 Å². The van der Waals surface area contributed by atoms with Gasteiger partial charge in [-0.25, -0.2) is 4.98 Å². The Hall–Kier alpha value is -2.21. The van der Waals surface area contributed by atoms with Crippen molar-refractivity contribution < 1.29 is 9.59 Å². The molecule has 1 aromatic carbocycles. The Morgan fingerprint density at radius 1 is 1.35 bits per heavy atom. The minimum Gasteiger partial charge on any atom is -0.347 e. The normalized spacial score (nSPS) is 18.3. The van der Waals surface area contributed by atoms with Crippen molar-refractivity contribution in [2.45, 2.75) is 38.6 Å². The van der Waals surface area contributed by atoms with Crippen molar-refractivity contribution in [2.75, 3.05) is 13.1 Å². The van der Waals surface area contributed by atoms with E-state index in [0.717, 1.165) is 30.8 Å². The van der Waals surface area contributed by atoms with E-state index in [2.05, 4.69) is 22.4 Å². The maximum atomic E-state index is 12.7. The third kappa shape index (κ3) is 4.91. The Labute approximate surface area is 158 Å². The standard InChI is InChI=1S/C20H25N3O2S/c1-15(24)22-19(20-21-11-13-26-20)17-8-5-12-23(14-17)18(25)10-9-16-6-3-2-4-7-16/h2-4,6-7,11,13,17,19H,5,8-10,12,14H2,1H3,(H,22,24)/t17-,19-/m0/s1. The summed E-state index contributed by atoms with van der Waals surface area (Å²) < 4.78 is 0. The number of hydrogen-bond acceptors (Lipinski definition) is 4. The van der Waals surface area contributed by atoms with Crippen LogP contribution in [-0.2, 0) is 16.0 Å². The van der Waals surface area contributed by atoms with E-state index in [1.54, 1.807) is 17.5 Å². The molecular weight excluding hydrogens is 346 g/mol. The molecule has 0 saturated carbocycles. The van der Waals surface area contributed by atoms with Crippen molar-refractivity contribution >= 4 is 23.2 Å². The van der Waals surface area contributed by atoms with Crippen molar-refractivity contribution in [3.63, 3.8) is 0 Å². The quantitative estimate of drug-likeness (QED) is 0.848. The smallest absolute Gasteiger partial charge is 0.222 e. The van der Waals surface area contributed by atoms with Gasteiger partial charge in [0.15, 0.2) is 0 Å². The third-order valence-electron chi connectivity index (χ3n) is 4.83. The van der Waals surface area contributed by atoms with Crippen molar-refractivity contribution in [1.82, 2.24) is 15.2 Å². The molecule has 26 heavy (non-hydrogen) atoms. The van der Waals surface area contributed by atoms with Gasteiger partial charge in [-0.15, -0.1) is 11.3 Å². The molecule has 1 fully saturated rings. The molecule has 138 valence electrons. The molecule has 1 N–H and O–H groups in total. The molecule has 1 saturated heterocycles. The largest absolute Gasteiger partial charge is 0.347 e.